The molecule has 2 rings (SSSR count). The number of benzene rings is 1. The van der Waals surface area contributed by atoms with Crippen LogP contribution in [-0.4, -0.2) is 17.4 Å². The molecule has 0 saturated carbocycles. The van der Waals surface area contributed by atoms with Crippen LogP contribution in [0.3, 0.4) is 0 Å². The van der Waals surface area contributed by atoms with Crippen LogP contribution < -0.4 is 11.1 Å². The molecule has 3 N–H and O–H groups in total. The van der Waals surface area contributed by atoms with Gasteiger partial charge >= 0.3 is 0 Å². The van der Waals surface area contributed by atoms with Crippen molar-refractivity contribution in [1.82, 2.24) is 4.98 Å². The van der Waals surface area contributed by atoms with Gasteiger partial charge < -0.3 is 11.1 Å². The average Bonchev–Trinajstić information content (AvgIpc) is 2.44. The molecule has 0 spiro atoms. The molecule has 0 unspecified atom stereocenters. The number of rotatable bonds is 6. The van der Waals surface area contributed by atoms with Crippen LogP contribution in [0, 0.1) is 0 Å². The van der Waals surface area contributed by atoms with Gasteiger partial charge in [0.2, 0.25) is 0 Å². The van der Waals surface area contributed by atoms with E-state index in [1.54, 1.807) is 12.3 Å². The van der Waals surface area contributed by atoms with E-state index < -0.39 is 5.91 Å². The van der Waals surface area contributed by atoms with Crippen LogP contribution in [0.15, 0.2) is 47.2 Å². The lowest BCUT2D eigenvalue weighted by Gasteiger charge is -2.09. The zero-order chi connectivity index (χ0) is 14.4. The van der Waals surface area contributed by atoms with E-state index in [1.807, 2.05) is 12.1 Å². The highest BCUT2D eigenvalue weighted by Gasteiger charge is 2.06. The Hall–Kier alpha value is -1.88. The number of aromatic nitrogens is 1. The maximum atomic E-state index is 11.3. The third kappa shape index (κ3) is 4.06. The Bertz CT molecular complexity index is 601. The largest absolute Gasteiger partial charge is 0.384 e. The SMILES string of the molecule is NC(=O)c1cnccc1NCCCc1cccc(Br)c1. The van der Waals surface area contributed by atoms with Gasteiger partial charge in [0.1, 0.15) is 0 Å². The van der Waals surface area contributed by atoms with E-state index in [1.165, 1.54) is 11.8 Å². The molecule has 0 aliphatic heterocycles. The molecule has 0 atom stereocenters. The molecule has 20 heavy (non-hydrogen) atoms. The fraction of sp³-hybridized carbons (Fsp3) is 0.200. The van der Waals surface area contributed by atoms with Gasteiger partial charge in [0.25, 0.3) is 5.91 Å². The summed E-state index contributed by atoms with van der Waals surface area (Å²) in [6.45, 7) is 0.775. The highest BCUT2D eigenvalue weighted by atomic mass is 79.9. The van der Waals surface area contributed by atoms with Crippen molar-refractivity contribution in [1.29, 1.82) is 0 Å². The lowest BCUT2D eigenvalue weighted by molar-refractivity contribution is 0.100. The zero-order valence-corrected chi connectivity index (χ0v) is 12.6. The van der Waals surface area contributed by atoms with Gasteiger partial charge in [0, 0.05) is 23.4 Å². The molecule has 104 valence electrons. The van der Waals surface area contributed by atoms with Crippen LogP contribution in [0.2, 0.25) is 0 Å². The van der Waals surface area contributed by atoms with Gasteiger partial charge in [-0.15, -0.1) is 0 Å². The van der Waals surface area contributed by atoms with Crippen molar-refractivity contribution in [2.45, 2.75) is 12.8 Å². The highest BCUT2D eigenvalue weighted by Crippen LogP contribution is 2.15. The Morgan fingerprint density at radius 1 is 1.35 bits per heavy atom. The first kappa shape index (κ1) is 14.5. The van der Waals surface area contributed by atoms with Crippen molar-refractivity contribution >= 4 is 27.5 Å². The first-order valence-electron chi connectivity index (χ1n) is 6.39. The topological polar surface area (TPSA) is 68.0 Å². The summed E-state index contributed by atoms with van der Waals surface area (Å²) in [6.07, 6.45) is 5.07. The molecule has 0 fully saturated rings. The number of hydrogen-bond donors (Lipinski definition) is 2. The zero-order valence-electron chi connectivity index (χ0n) is 11.0. The summed E-state index contributed by atoms with van der Waals surface area (Å²) in [6, 6.07) is 10.0. The Morgan fingerprint density at radius 2 is 2.20 bits per heavy atom. The molecule has 0 saturated heterocycles. The Balaban J connectivity index is 1.86. The summed E-state index contributed by atoms with van der Waals surface area (Å²) in [5, 5.41) is 3.23. The lowest BCUT2D eigenvalue weighted by Crippen LogP contribution is -2.15. The maximum Gasteiger partial charge on any atom is 0.252 e. The summed E-state index contributed by atoms with van der Waals surface area (Å²) < 4.78 is 1.09. The van der Waals surface area contributed by atoms with Gasteiger partial charge in [-0.25, -0.2) is 0 Å². The van der Waals surface area contributed by atoms with Crippen molar-refractivity contribution < 1.29 is 4.79 Å². The molecular weight excluding hydrogens is 318 g/mol. The summed E-state index contributed by atoms with van der Waals surface area (Å²) in [7, 11) is 0. The standard InChI is InChI=1S/C15H16BrN3O/c16-12-5-1-3-11(9-12)4-2-7-19-14-6-8-18-10-13(14)15(17)20/h1,3,5-6,8-10H,2,4,7H2,(H2,17,20)(H,18,19). The molecule has 4 nitrogen and oxygen atoms in total. The molecule has 0 radical (unpaired) electrons. The molecule has 0 aliphatic carbocycles. The number of carbonyl (C=O) groups excluding carboxylic acids is 1. The summed E-state index contributed by atoms with van der Waals surface area (Å²) in [5.41, 5.74) is 7.75. The number of nitrogens with one attached hydrogen (secondary N) is 1. The third-order valence-corrected chi connectivity index (χ3v) is 3.43. The van der Waals surface area contributed by atoms with Gasteiger partial charge in [-0.2, -0.15) is 0 Å². The van der Waals surface area contributed by atoms with E-state index >= 15 is 0 Å². The molecule has 5 heteroatoms. The number of primary amides is 1. The monoisotopic (exact) mass is 333 g/mol. The minimum absolute atomic E-state index is 0.426. The molecular formula is C15H16BrN3O. The molecule has 1 heterocycles. The number of halogens is 1. The van der Waals surface area contributed by atoms with Gasteiger partial charge in [0.15, 0.2) is 0 Å². The minimum Gasteiger partial charge on any atom is -0.384 e. The van der Waals surface area contributed by atoms with Crippen LogP contribution in [0.25, 0.3) is 0 Å². The number of anilines is 1. The molecule has 0 aliphatic rings. The van der Waals surface area contributed by atoms with E-state index in [0.29, 0.717) is 5.56 Å². The second-order valence-corrected chi connectivity index (χ2v) is 5.36. The predicted molar refractivity (Wildman–Crippen MR) is 83.7 cm³/mol. The van der Waals surface area contributed by atoms with Gasteiger partial charge in [-0.05, 0) is 36.6 Å². The van der Waals surface area contributed by atoms with E-state index in [4.69, 9.17) is 5.73 Å². The fourth-order valence-electron chi connectivity index (χ4n) is 1.95. The average molecular weight is 334 g/mol. The third-order valence-electron chi connectivity index (χ3n) is 2.93. The number of nitrogens with two attached hydrogens (primary N) is 1. The fourth-order valence-corrected chi connectivity index (χ4v) is 2.40. The number of amides is 1. The molecule has 0 bridgehead atoms. The van der Waals surface area contributed by atoms with Crippen molar-refractivity contribution in [2.24, 2.45) is 5.73 Å². The Morgan fingerprint density at radius 3 is 2.95 bits per heavy atom. The number of pyridine rings is 1. The maximum absolute atomic E-state index is 11.3. The van der Waals surface area contributed by atoms with E-state index in [9.17, 15) is 4.79 Å². The second kappa shape index (κ2) is 7.05. The van der Waals surface area contributed by atoms with Crippen LogP contribution in [0.5, 0.6) is 0 Å². The molecule has 1 aromatic carbocycles. The first-order chi connectivity index (χ1) is 9.66. The Labute approximate surface area is 126 Å². The van der Waals surface area contributed by atoms with E-state index in [-0.39, 0.29) is 0 Å². The highest BCUT2D eigenvalue weighted by molar-refractivity contribution is 9.10. The van der Waals surface area contributed by atoms with Crippen molar-refractivity contribution in [2.75, 3.05) is 11.9 Å². The van der Waals surface area contributed by atoms with Crippen molar-refractivity contribution in [3.63, 3.8) is 0 Å². The molecule has 1 amide bonds. The second-order valence-electron chi connectivity index (χ2n) is 4.45. The van der Waals surface area contributed by atoms with E-state index in [2.05, 4.69) is 38.4 Å². The van der Waals surface area contributed by atoms with Gasteiger partial charge in [-0.3, -0.25) is 9.78 Å². The number of nitrogens with zero attached hydrogens (tertiary/aromatic N) is 1. The quantitative estimate of drug-likeness (QED) is 0.798. The van der Waals surface area contributed by atoms with Crippen molar-refractivity contribution in [3.05, 3.63) is 58.3 Å². The molecule has 1 aromatic heterocycles. The van der Waals surface area contributed by atoms with Crippen LogP contribution in [-0.2, 0) is 6.42 Å². The lowest BCUT2D eigenvalue weighted by atomic mass is 10.1. The van der Waals surface area contributed by atoms with E-state index in [0.717, 1.165) is 29.5 Å². The Kier molecular flexibility index (Phi) is 5.12. The van der Waals surface area contributed by atoms with Crippen molar-refractivity contribution in [3.8, 4) is 0 Å². The van der Waals surface area contributed by atoms with Gasteiger partial charge in [-0.1, -0.05) is 28.1 Å². The normalized spacial score (nSPS) is 10.2. The summed E-state index contributed by atoms with van der Waals surface area (Å²) >= 11 is 3.46. The van der Waals surface area contributed by atoms with Crippen LogP contribution >= 0.6 is 15.9 Å². The van der Waals surface area contributed by atoms with Gasteiger partial charge in [0.05, 0.1) is 11.3 Å². The predicted octanol–water partition coefficient (Wildman–Crippen LogP) is 2.99. The number of carbonyl (C=O) groups is 1. The van der Waals surface area contributed by atoms with Crippen LogP contribution in [0.1, 0.15) is 22.3 Å². The van der Waals surface area contributed by atoms with Crippen LogP contribution in [0.4, 0.5) is 5.69 Å². The number of hydrogen-bond acceptors (Lipinski definition) is 3. The minimum atomic E-state index is -0.465. The number of aryl methyl sites for hydroxylation is 1. The summed E-state index contributed by atoms with van der Waals surface area (Å²) in [5.74, 6) is -0.465. The first-order valence-corrected chi connectivity index (χ1v) is 7.18. The summed E-state index contributed by atoms with van der Waals surface area (Å²) in [4.78, 5) is 15.2. The smallest absolute Gasteiger partial charge is 0.252 e. The molecule has 2 aromatic rings.